The van der Waals surface area contributed by atoms with E-state index in [0.717, 1.165) is 0 Å². The maximum atomic E-state index is 12.1. The lowest BCUT2D eigenvalue weighted by atomic mass is 10.1. The number of rotatable bonds is 4. The molecule has 0 unspecified atom stereocenters. The van der Waals surface area contributed by atoms with E-state index in [4.69, 9.17) is 10.9 Å². The van der Waals surface area contributed by atoms with Crippen LogP contribution in [0.5, 0.6) is 0 Å². The van der Waals surface area contributed by atoms with Crippen LogP contribution in [0.25, 0.3) is 0 Å². The quantitative estimate of drug-likeness (QED) is 0.345. The van der Waals surface area contributed by atoms with Crippen LogP contribution in [0.2, 0.25) is 0 Å². The van der Waals surface area contributed by atoms with E-state index >= 15 is 0 Å². The zero-order valence-corrected chi connectivity index (χ0v) is 13.6. The van der Waals surface area contributed by atoms with E-state index in [2.05, 4.69) is 39.0 Å². The molecule has 2 rings (SSSR count). The summed E-state index contributed by atoms with van der Waals surface area (Å²) < 4.78 is 0. The molecule has 8 heteroatoms. The topological polar surface area (TPSA) is 130 Å². The van der Waals surface area contributed by atoms with Crippen molar-refractivity contribution >= 4 is 11.8 Å². The molecule has 0 saturated heterocycles. The smallest absolute Gasteiger partial charge is 0.267 e. The molecule has 0 aliphatic rings. The Labute approximate surface area is 157 Å². The standard InChI is InChI=1S/C18H15N5O3.CH4/c19-11-16(18(25)23-26)22-17(24)14-7-5-13(6-8-14)3-1-2-4-15-12-20-9-10-21-15;/h5-10,12,16,26H,11,19H2,(H,22,24)(H,23,25);1H4/t16-;/m0./s1. The highest BCUT2D eigenvalue weighted by molar-refractivity contribution is 5.97. The Kier molecular flexibility index (Phi) is 8.69. The van der Waals surface area contributed by atoms with Crippen molar-refractivity contribution < 1.29 is 14.8 Å². The summed E-state index contributed by atoms with van der Waals surface area (Å²) in [6, 6.07) is 5.38. The molecule has 0 aliphatic heterocycles. The number of carbonyl (C=O) groups excluding carboxylic acids is 2. The molecule has 0 spiro atoms. The van der Waals surface area contributed by atoms with Crippen molar-refractivity contribution in [2.45, 2.75) is 13.5 Å². The van der Waals surface area contributed by atoms with E-state index in [1.54, 1.807) is 36.7 Å². The summed E-state index contributed by atoms with van der Waals surface area (Å²) in [5.74, 6) is 9.67. The Morgan fingerprint density at radius 2 is 1.85 bits per heavy atom. The number of benzene rings is 1. The summed E-state index contributed by atoms with van der Waals surface area (Å²) in [7, 11) is 0. The van der Waals surface area contributed by atoms with Crippen molar-refractivity contribution in [1.82, 2.24) is 20.8 Å². The Hall–Kier alpha value is -3.72. The second kappa shape index (κ2) is 11.0. The molecule has 1 aromatic heterocycles. The monoisotopic (exact) mass is 365 g/mol. The minimum absolute atomic E-state index is 0. The van der Waals surface area contributed by atoms with Crippen molar-refractivity contribution in [3.8, 4) is 23.7 Å². The fourth-order valence-electron chi connectivity index (χ4n) is 1.82. The third-order valence-corrected chi connectivity index (χ3v) is 3.14. The average molecular weight is 365 g/mol. The molecule has 0 radical (unpaired) electrons. The molecule has 5 N–H and O–H groups in total. The van der Waals surface area contributed by atoms with E-state index in [1.807, 2.05) is 0 Å². The SMILES string of the molecule is C.NC[C@H](NC(=O)c1ccc(C#CC#Cc2cnccn2)cc1)C(=O)NO. The van der Waals surface area contributed by atoms with Crippen LogP contribution in [0, 0.1) is 23.7 Å². The molecule has 2 amide bonds. The Morgan fingerprint density at radius 1 is 1.15 bits per heavy atom. The predicted molar refractivity (Wildman–Crippen MR) is 99.2 cm³/mol. The van der Waals surface area contributed by atoms with E-state index in [9.17, 15) is 9.59 Å². The van der Waals surface area contributed by atoms with Gasteiger partial charge in [-0.25, -0.2) is 10.5 Å². The third-order valence-electron chi connectivity index (χ3n) is 3.14. The first-order chi connectivity index (χ1) is 12.6. The second-order valence-electron chi connectivity index (χ2n) is 4.91. The van der Waals surface area contributed by atoms with Gasteiger partial charge in [-0.2, -0.15) is 0 Å². The van der Waals surface area contributed by atoms with Gasteiger partial charge in [0, 0.05) is 30.1 Å². The van der Waals surface area contributed by atoms with Crippen molar-refractivity contribution in [2.75, 3.05) is 6.54 Å². The van der Waals surface area contributed by atoms with Gasteiger partial charge < -0.3 is 11.1 Å². The molecule has 1 atom stereocenters. The molecule has 0 fully saturated rings. The molecular formula is C19H19N5O3. The molecule has 1 heterocycles. The number of nitrogens with two attached hydrogens (primary N) is 1. The van der Waals surface area contributed by atoms with Crippen LogP contribution in [-0.2, 0) is 4.79 Å². The molecule has 1 aromatic carbocycles. The third kappa shape index (κ3) is 6.59. The average Bonchev–Trinajstić information content (AvgIpc) is 2.70. The van der Waals surface area contributed by atoms with Crippen LogP contribution < -0.4 is 16.5 Å². The summed E-state index contributed by atoms with van der Waals surface area (Å²) in [4.78, 5) is 31.3. The van der Waals surface area contributed by atoms with Gasteiger partial charge in [0.25, 0.3) is 11.8 Å². The van der Waals surface area contributed by atoms with Crippen molar-refractivity contribution in [1.29, 1.82) is 0 Å². The van der Waals surface area contributed by atoms with Gasteiger partial charge in [-0.05, 0) is 42.0 Å². The number of hydroxylamine groups is 1. The van der Waals surface area contributed by atoms with Crippen LogP contribution in [0.4, 0.5) is 0 Å². The van der Waals surface area contributed by atoms with Gasteiger partial charge in [-0.1, -0.05) is 13.3 Å². The van der Waals surface area contributed by atoms with Crippen LogP contribution in [-0.4, -0.2) is 39.6 Å². The van der Waals surface area contributed by atoms with Gasteiger partial charge in [0.05, 0.1) is 6.20 Å². The van der Waals surface area contributed by atoms with E-state index in [1.165, 1.54) is 11.7 Å². The largest absolute Gasteiger partial charge is 0.339 e. The maximum absolute atomic E-state index is 12.1. The molecule has 0 bridgehead atoms. The van der Waals surface area contributed by atoms with Crippen LogP contribution in [0.1, 0.15) is 29.0 Å². The lowest BCUT2D eigenvalue weighted by Gasteiger charge is -2.14. The Morgan fingerprint density at radius 3 is 2.44 bits per heavy atom. The number of aromatic nitrogens is 2. The van der Waals surface area contributed by atoms with Crippen LogP contribution in [0.3, 0.4) is 0 Å². The summed E-state index contributed by atoms with van der Waals surface area (Å²) in [6.45, 7) is -0.147. The lowest BCUT2D eigenvalue weighted by Crippen LogP contribution is -2.50. The number of hydrogen-bond donors (Lipinski definition) is 4. The summed E-state index contributed by atoms with van der Waals surface area (Å²) >= 11 is 0. The Bertz CT molecular complexity index is 890. The van der Waals surface area contributed by atoms with Crippen molar-refractivity contribution in [2.24, 2.45) is 5.73 Å². The number of hydrogen-bond acceptors (Lipinski definition) is 6. The first kappa shape index (κ1) is 21.3. The maximum Gasteiger partial charge on any atom is 0.267 e. The van der Waals surface area contributed by atoms with Gasteiger partial charge in [0.2, 0.25) is 0 Å². The second-order valence-corrected chi connectivity index (χ2v) is 4.91. The zero-order chi connectivity index (χ0) is 18.8. The number of amides is 2. The highest BCUT2D eigenvalue weighted by atomic mass is 16.5. The zero-order valence-electron chi connectivity index (χ0n) is 13.6. The van der Waals surface area contributed by atoms with Gasteiger partial charge in [0.15, 0.2) is 0 Å². The fraction of sp³-hybridized carbons (Fsp3) is 0.158. The number of carbonyl (C=O) groups is 2. The minimum atomic E-state index is -1.02. The van der Waals surface area contributed by atoms with Crippen LogP contribution in [0.15, 0.2) is 42.9 Å². The minimum Gasteiger partial charge on any atom is -0.339 e. The molecule has 8 nitrogen and oxygen atoms in total. The lowest BCUT2D eigenvalue weighted by molar-refractivity contribution is -0.130. The molecule has 2 aromatic rings. The first-order valence-electron chi connectivity index (χ1n) is 7.47. The summed E-state index contributed by atoms with van der Waals surface area (Å²) in [5, 5.41) is 11.0. The predicted octanol–water partition coefficient (Wildman–Crippen LogP) is 0.0784. The van der Waals surface area contributed by atoms with E-state index in [0.29, 0.717) is 16.8 Å². The first-order valence-corrected chi connectivity index (χ1v) is 7.47. The molecular weight excluding hydrogens is 346 g/mol. The van der Waals surface area contributed by atoms with Gasteiger partial charge in [0.1, 0.15) is 11.7 Å². The number of nitrogens with one attached hydrogen (secondary N) is 2. The van der Waals surface area contributed by atoms with Crippen LogP contribution >= 0.6 is 0 Å². The molecule has 0 saturated carbocycles. The Balaban J connectivity index is 0.00000364. The normalized spacial score (nSPS) is 10.0. The molecule has 27 heavy (non-hydrogen) atoms. The number of nitrogens with zero attached hydrogens (tertiary/aromatic N) is 2. The highest BCUT2D eigenvalue weighted by Crippen LogP contribution is 2.03. The molecule has 0 aliphatic carbocycles. The highest BCUT2D eigenvalue weighted by Gasteiger charge is 2.19. The molecule has 138 valence electrons. The van der Waals surface area contributed by atoms with Crippen molar-refractivity contribution in [3.05, 3.63) is 59.7 Å². The fourth-order valence-corrected chi connectivity index (χ4v) is 1.82. The van der Waals surface area contributed by atoms with E-state index < -0.39 is 17.9 Å². The van der Waals surface area contributed by atoms with Gasteiger partial charge >= 0.3 is 0 Å². The van der Waals surface area contributed by atoms with E-state index in [-0.39, 0.29) is 14.0 Å². The summed E-state index contributed by atoms with van der Waals surface area (Å²) in [5.41, 5.74) is 8.35. The summed E-state index contributed by atoms with van der Waals surface area (Å²) in [6.07, 6.45) is 4.63. The van der Waals surface area contributed by atoms with Crippen molar-refractivity contribution in [3.63, 3.8) is 0 Å². The van der Waals surface area contributed by atoms with Gasteiger partial charge in [-0.15, -0.1) is 0 Å². The van der Waals surface area contributed by atoms with Gasteiger partial charge in [-0.3, -0.25) is 19.8 Å².